The maximum Gasteiger partial charge on any atom is 0.312 e. The topological polar surface area (TPSA) is 95.5 Å². The van der Waals surface area contributed by atoms with Crippen LogP contribution in [0.15, 0.2) is 0 Å². The maximum absolute atomic E-state index is 13.1. The van der Waals surface area contributed by atoms with Gasteiger partial charge in [-0.25, -0.2) is 8.42 Å². The third-order valence-electron chi connectivity index (χ3n) is 7.37. The van der Waals surface area contributed by atoms with Crippen molar-refractivity contribution in [2.45, 2.75) is 82.8 Å². The van der Waals surface area contributed by atoms with Crippen LogP contribution in [-0.4, -0.2) is 43.4 Å². The Morgan fingerprint density at radius 1 is 1.04 bits per heavy atom. The first kappa shape index (κ1) is 19.6. The molecule has 5 saturated carbocycles. The maximum atomic E-state index is 13.1. The van der Waals surface area contributed by atoms with Crippen molar-refractivity contribution in [2.75, 3.05) is 12.3 Å². The van der Waals surface area contributed by atoms with E-state index in [-0.39, 0.29) is 12.5 Å². The van der Waals surface area contributed by atoms with Crippen LogP contribution in [0.2, 0.25) is 0 Å². The molecule has 5 rings (SSSR count). The van der Waals surface area contributed by atoms with Gasteiger partial charge in [0.15, 0.2) is 0 Å². The van der Waals surface area contributed by atoms with Gasteiger partial charge >= 0.3 is 5.97 Å². The lowest BCUT2D eigenvalue weighted by molar-refractivity contribution is -0.175. The molecule has 0 aromatic heterocycles. The number of carbonyl (C=O) groups excluding carboxylic acids is 1. The monoisotopic (exact) mass is 398 g/mol. The second-order valence-electron chi connectivity index (χ2n) is 9.69. The average Bonchev–Trinajstić information content (AvgIpc) is 2.58. The van der Waals surface area contributed by atoms with Crippen LogP contribution in [0.3, 0.4) is 0 Å². The lowest BCUT2D eigenvalue weighted by atomic mass is 9.49. The quantitative estimate of drug-likeness (QED) is 0.523. The van der Waals surface area contributed by atoms with Gasteiger partial charge in [-0.15, -0.1) is 0 Å². The normalized spacial score (nSPS) is 37.3. The number of rotatable bonds is 7. The van der Waals surface area contributed by atoms with Gasteiger partial charge in [-0.1, -0.05) is 19.3 Å². The molecule has 6 nitrogen and oxygen atoms in total. The SMILES string of the molecule is O=C(OC(CNC1CCCCC1)CS(=O)(=O)[O-])C12CC3CC(CC(C3)C1)C2. The summed E-state index contributed by atoms with van der Waals surface area (Å²) in [6.45, 7) is 0.254. The zero-order valence-electron chi connectivity index (χ0n) is 16.0. The number of hydrogen-bond acceptors (Lipinski definition) is 6. The zero-order valence-corrected chi connectivity index (χ0v) is 16.8. The predicted octanol–water partition coefficient (Wildman–Crippen LogP) is 2.58. The Bertz CT molecular complexity index is 620. The Kier molecular flexibility index (Phi) is 5.56. The average molecular weight is 399 g/mol. The van der Waals surface area contributed by atoms with E-state index >= 15 is 0 Å². The highest BCUT2D eigenvalue weighted by atomic mass is 32.2. The summed E-state index contributed by atoms with van der Waals surface area (Å²) in [4.78, 5) is 13.1. The van der Waals surface area contributed by atoms with Gasteiger partial charge in [0, 0.05) is 12.6 Å². The molecule has 0 amide bonds. The Hall–Kier alpha value is -0.660. The molecule has 5 fully saturated rings. The summed E-state index contributed by atoms with van der Waals surface area (Å²) in [5, 5.41) is 3.34. The van der Waals surface area contributed by atoms with Crippen molar-refractivity contribution in [3.05, 3.63) is 0 Å². The molecule has 154 valence electrons. The molecule has 1 N–H and O–H groups in total. The Balaban J connectivity index is 1.40. The summed E-state index contributed by atoms with van der Waals surface area (Å²) >= 11 is 0. The molecule has 0 spiro atoms. The highest BCUT2D eigenvalue weighted by molar-refractivity contribution is 7.85. The molecule has 7 heteroatoms. The second-order valence-corrected chi connectivity index (χ2v) is 11.1. The molecule has 27 heavy (non-hydrogen) atoms. The highest BCUT2D eigenvalue weighted by Crippen LogP contribution is 2.60. The molecule has 0 aromatic carbocycles. The van der Waals surface area contributed by atoms with E-state index in [1.165, 1.54) is 25.7 Å². The first-order valence-corrected chi connectivity index (χ1v) is 12.3. The van der Waals surface area contributed by atoms with E-state index in [9.17, 15) is 17.8 Å². The van der Waals surface area contributed by atoms with E-state index < -0.39 is 27.4 Å². The summed E-state index contributed by atoms with van der Waals surface area (Å²) in [5.41, 5.74) is -0.426. The molecular weight excluding hydrogens is 366 g/mol. The predicted molar refractivity (Wildman–Crippen MR) is 99.9 cm³/mol. The summed E-state index contributed by atoms with van der Waals surface area (Å²) < 4.78 is 39.8. The van der Waals surface area contributed by atoms with Crippen LogP contribution >= 0.6 is 0 Å². The molecular formula is C20H32NO5S-. The molecule has 0 heterocycles. The molecule has 0 aromatic rings. The Morgan fingerprint density at radius 2 is 1.59 bits per heavy atom. The number of ether oxygens (including phenoxy) is 1. The van der Waals surface area contributed by atoms with E-state index in [1.807, 2.05) is 0 Å². The molecule has 0 aliphatic heterocycles. The van der Waals surface area contributed by atoms with Gasteiger partial charge in [-0.3, -0.25) is 4.79 Å². The van der Waals surface area contributed by atoms with E-state index in [4.69, 9.17) is 4.74 Å². The van der Waals surface area contributed by atoms with Crippen LogP contribution in [0.5, 0.6) is 0 Å². The fraction of sp³-hybridized carbons (Fsp3) is 0.950. The first-order chi connectivity index (χ1) is 12.8. The summed E-state index contributed by atoms with van der Waals surface area (Å²) in [5.74, 6) is 0.966. The van der Waals surface area contributed by atoms with Crippen LogP contribution in [0.25, 0.3) is 0 Å². The van der Waals surface area contributed by atoms with Crippen LogP contribution < -0.4 is 5.32 Å². The van der Waals surface area contributed by atoms with Crippen molar-refractivity contribution >= 4 is 16.1 Å². The number of nitrogens with one attached hydrogen (secondary N) is 1. The van der Waals surface area contributed by atoms with Gasteiger partial charge in [0.05, 0.1) is 21.3 Å². The second kappa shape index (κ2) is 7.64. The first-order valence-electron chi connectivity index (χ1n) is 10.7. The minimum absolute atomic E-state index is 0.249. The third-order valence-corrected chi connectivity index (χ3v) is 8.15. The Morgan fingerprint density at radius 3 is 2.11 bits per heavy atom. The van der Waals surface area contributed by atoms with Gasteiger partial charge in [0.1, 0.15) is 6.10 Å². The fourth-order valence-electron chi connectivity index (χ4n) is 6.60. The number of hydrogen-bond donors (Lipinski definition) is 1. The summed E-state index contributed by atoms with van der Waals surface area (Å²) in [6, 6.07) is 0.328. The largest absolute Gasteiger partial charge is 0.748 e. The summed E-state index contributed by atoms with van der Waals surface area (Å²) in [6.07, 6.45) is 11.1. The number of esters is 1. The minimum atomic E-state index is -4.45. The molecule has 0 saturated heterocycles. The van der Waals surface area contributed by atoms with Gasteiger partial charge in [-0.2, -0.15) is 0 Å². The van der Waals surface area contributed by atoms with Crippen LogP contribution in [-0.2, 0) is 19.6 Å². The van der Waals surface area contributed by atoms with Crippen molar-refractivity contribution < 1.29 is 22.5 Å². The standard InChI is InChI=1S/C20H33NO5S/c22-19(20-9-14-6-15(10-20)8-16(7-14)11-20)26-18(13-27(23,24)25)12-21-17-4-2-1-3-5-17/h14-18,21H,1-13H2,(H,23,24,25)/p-1. The molecule has 0 radical (unpaired) electrons. The highest BCUT2D eigenvalue weighted by Gasteiger charge is 2.55. The molecule has 1 atom stereocenters. The molecule has 1 unspecified atom stereocenters. The van der Waals surface area contributed by atoms with Crippen molar-refractivity contribution in [3.63, 3.8) is 0 Å². The van der Waals surface area contributed by atoms with E-state index in [0.29, 0.717) is 23.8 Å². The van der Waals surface area contributed by atoms with E-state index in [1.54, 1.807) is 0 Å². The van der Waals surface area contributed by atoms with Crippen molar-refractivity contribution in [1.82, 2.24) is 5.32 Å². The van der Waals surface area contributed by atoms with E-state index in [2.05, 4.69) is 5.32 Å². The van der Waals surface area contributed by atoms with Gasteiger partial charge in [0.25, 0.3) is 0 Å². The van der Waals surface area contributed by atoms with Crippen molar-refractivity contribution in [1.29, 1.82) is 0 Å². The lowest BCUT2D eigenvalue weighted by Crippen LogP contribution is -2.52. The van der Waals surface area contributed by atoms with Crippen molar-refractivity contribution in [3.8, 4) is 0 Å². The lowest BCUT2D eigenvalue weighted by Gasteiger charge is -2.55. The Labute approximate surface area is 162 Å². The van der Waals surface area contributed by atoms with Crippen LogP contribution in [0, 0.1) is 23.2 Å². The summed E-state index contributed by atoms with van der Waals surface area (Å²) in [7, 11) is -4.45. The molecule has 4 bridgehead atoms. The van der Waals surface area contributed by atoms with E-state index in [0.717, 1.165) is 44.9 Å². The van der Waals surface area contributed by atoms with Crippen LogP contribution in [0.1, 0.15) is 70.6 Å². The van der Waals surface area contributed by atoms with Gasteiger partial charge in [-0.05, 0) is 69.1 Å². The zero-order chi connectivity index (χ0) is 19.1. The molecule has 5 aliphatic carbocycles. The molecule has 5 aliphatic rings. The fourth-order valence-corrected chi connectivity index (χ4v) is 7.25. The number of carbonyl (C=O) groups is 1. The van der Waals surface area contributed by atoms with Crippen molar-refractivity contribution in [2.24, 2.45) is 23.2 Å². The van der Waals surface area contributed by atoms with Gasteiger partial charge < -0.3 is 14.6 Å². The smallest absolute Gasteiger partial charge is 0.312 e. The minimum Gasteiger partial charge on any atom is -0.748 e. The third kappa shape index (κ3) is 4.67. The van der Waals surface area contributed by atoms with Crippen LogP contribution in [0.4, 0.5) is 0 Å². The van der Waals surface area contributed by atoms with Gasteiger partial charge in [0.2, 0.25) is 0 Å².